The Bertz CT molecular complexity index is 956. The van der Waals surface area contributed by atoms with Crippen molar-refractivity contribution >= 4 is 5.91 Å². The van der Waals surface area contributed by atoms with Gasteiger partial charge in [0.1, 0.15) is 0 Å². The normalized spacial score (nSPS) is 19.9. The van der Waals surface area contributed by atoms with Gasteiger partial charge in [-0.25, -0.2) is 4.98 Å². The van der Waals surface area contributed by atoms with E-state index in [2.05, 4.69) is 23.7 Å². The average molecular weight is 468 g/mol. The Morgan fingerprint density at radius 2 is 1.88 bits per heavy atom. The second-order valence-electron chi connectivity index (χ2n) is 10.3. The summed E-state index contributed by atoms with van der Waals surface area (Å²) in [6.07, 6.45) is 5.42. The molecule has 0 spiro atoms. The third kappa shape index (κ3) is 6.48. The zero-order chi connectivity index (χ0) is 24.0. The number of aromatic nitrogens is 1. The van der Waals surface area contributed by atoms with E-state index in [-0.39, 0.29) is 17.9 Å². The highest BCUT2D eigenvalue weighted by atomic mass is 16.5. The van der Waals surface area contributed by atoms with Crippen LogP contribution < -0.4 is 9.47 Å². The van der Waals surface area contributed by atoms with Gasteiger partial charge in [-0.15, -0.1) is 0 Å². The molecule has 4 rings (SSSR count). The molecule has 1 saturated heterocycles. The molecule has 1 aromatic carbocycles. The molecule has 184 valence electrons. The number of benzene rings is 1. The molecule has 0 atom stereocenters. The van der Waals surface area contributed by atoms with Gasteiger partial charge >= 0.3 is 0 Å². The fourth-order valence-electron chi connectivity index (χ4n) is 4.63. The summed E-state index contributed by atoms with van der Waals surface area (Å²) >= 11 is 0. The molecule has 2 aromatic rings. The highest BCUT2D eigenvalue weighted by Gasteiger charge is 2.26. The maximum absolute atomic E-state index is 13.1. The number of amides is 1. The number of nitrogens with zero attached hydrogens (tertiary/aromatic N) is 3. The lowest BCUT2D eigenvalue weighted by molar-refractivity contribution is -0.134. The third-order valence-corrected chi connectivity index (χ3v) is 6.83. The van der Waals surface area contributed by atoms with Gasteiger partial charge in [-0.1, -0.05) is 32.0 Å². The van der Waals surface area contributed by atoms with Crippen LogP contribution in [0.25, 0.3) is 0 Å². The molecule has 7 nitrogen and oxygen atoms in total. The van der Waals surface area contributed by atoms with Crippen LogP contribution in [0.15, 0.2) is 42.6 Å². The number of aliphatic hydroxyl groups excluding tert-OH is 1. The molecule has 0 unspecified atom stereocenters. The van der Waals surface area contributed by atoms with E-state index in [4.69, 9.17) is 9.47 Å². The van der Waals surface area contributed by atoms with E-state index >= 15 is 0 Å². The fourth-order valence-corrected chi connectivity index (χ4v) is 4.63. The minimum Gasteiger partial charge on any atom is -0.489 e. The van der Waals surface area contributed by atoms with Crippen LogP contribution in [0.1, 0.15) is 45.1 Å². The van der Waals surface area contributed by atoms with E-state index in [9.17, 15) is 9.90 Å². The van der Waals surface area contributed by atoms with Crippen molar-refractivity contribution in [1.82, 2.24) is 14.8 Å². The van der Waals surface area contributed by atoms with Crippen molar-refractivity contribution in [2.45, 2.75) is 46.1 Å². The van der Waals surface area contributed by atoms with Gasteiger partial charge in [0.15, 0.2) is 11.5 Å². The first-order valence-corrected chi connectivity index (χ1v) is 12.4. The minimum absolute atomic E-state index is 0.00583. The number of fused-ring (bicyclic) bond motifs is 2. The van der Waals surface area contributed by atoms with E-state index in [1.807, 2.05) is 41.3 Å². The molecule has 0 saturated carbocycles. The molecular weight excluding hydrogens is 430 g/mol. The summed E-state index contributed by atoms with van der Waals surface area (Å²) in [7, 11) is 0. The van der Waals surface area contributed by atoms with E-state index in [1.165, 1.54) is 0 Å². The molecule has 2 aliphatic rings. The predicted octanol–water partition coefficient (Wildman–Crippen LogP) is 4.11. The van der Waals surface area contributed by atoms with Crippen LogP contribution in [-0.2, 0) is 11.3 Å². The molecular formula is C27H37N3O4. The average Bonchev–Trinajstić information content (AvgIpc) is 2.85. The molecule has 1 aromatic heterocycles. The van der Waals surface area contributed by atoms with Crippen LogP contribution in [0.5, 0.6) is 17.4 Å². The molecule has 1 amide bonds. The molecule has 34 heavy (non-hydrogen) atoms. The lowest BCUT2D eigenvalue weighted by Gasteiger charge is -2.33. The molecule has 2 aliphatic heterocycles. The lowest BCUT2D eigenvalue weighted by atomic mass is 9.88. The zero-order valence-corrected chi connectivity index (χ0v) is 20.4. The maximum atomic E-state index is 13.1. The Morgan fingerprint density at radius 3 is 2.65 bits per heavy atom. The minimum atomic E-state index is -0.00583. The number of carbonyl (C=O) groups is 1. The Balaban J connectivity index is 1.54. The van der Waals surface area contributed by atoms with Crippen molar-refractivity contribution < 1.29 is 19.4 Å². The van der Waals surface area contributed by atoms with Crippen LogP contribution in [-0.4, -0.2) is 65.2 Å². The van der Waals surface area contributed by atoms with Crippen molar-refractivity contribution in [1.29, 1.82) is 0 Å². The molecule has 7 heteroatoms. The topological polar surface area (TPSA) is 75.1 Å². The summed E-state index contributed by atoms with van der Waals surface area (Å²) in [6.45, 7) is 8.43. The van der Waals surface area contributed by atoms with Crippen LogP contribution in [0.2, 0.25) is 0 Å². The summed E-state index contributed by atoms with van der Waals surface area (Å²) in [5.74, 6) is 2.37. The molecule has 0 aliphatic carbocycles. The number of para-hydroxylation sites is 2. The lowest BCUT2D eigenvalue weighted by Crippen LogP contribution is -2.44. The van der Waals surface area contributed by atoms with Gasteiger partial charge in [-0.3, -0.25) is 9.69 Å². The smallest absolute Gasteiger partial charge is 0.236 e. The molecule has 0 bridgehead atoms. The van der Waals surface area contributed by atoms with Crippen molar-refractivity contribution in [2.24, 2.45) is 11.3 Å². The Labute approximate surface area is 202 Å². The first kappa shape index (κ1) is 24.5. The largest absolute Gasteiger partial charge is 0.489 e. The van der Waals surface area contributed by atoms with Gasteiger partial charge in [0.2, 0.25) is 11.8 Å². The molecule has 1 fully saturated rings. The first-order valence-electron chi connectivity index (χ1n) is 12.4. The number of piperidine rings is 1. The number of carbonyl (C=O) groups excluding carboxylic acids is 1. The Kier molecular flexibility index (Phi) is 8.06. The number of hydrogen-bond donors (Lipinski definition) is 1. The van der Waals surface area contributed by atoms with Crippen LogP contribution >= 0.6 is 0 Å². The summed E-state index contributed by atoms with van der Waals surface area (Å²) in [5.41, 5.74) is 0.941. The summed E-state index contributed by atoms with van der Waals surface area (Å²) < 4.78 is 12.4. The Morgan fingerprint density at radius 1 is 1.12 bits per heavy atom. The van der Waals surface area contributed by atoms with Gasteiger partial charge in [0.25, 0.3) is 0 Å². The van der Waals surface area contributed by atoms with Crippen LogP contribution in [0, 0.1) is 11.3 Å². The van der Waals surface area contributed by atoms with Gasteiger partial charge < -0.3 is 19.5 Å². The van der Waals surface area contributed by atoms with Gasteiger partial charge in [-0.05, 0) is 61.8 Å². The summed E-state index contributed by atoms with van der Waals surface area (Å²) in [4.78, 5) is 21.8. The van der Waals surface area contributed by atoms with Crippen molar-refractivity contribution in [3.63, 3.8) is 0 Å². The van der Waals surface area contributed by atoms with Gasteiger partial charge in [0, 0.05) is 38.0 Å². The second-order valence-corrected chi connectivity index (χ2v) is 10.3. The molecule has 0 radical (unpaired) electrons. The van der Waals surface area contributed by atoms with E-state index in [1.54, 1.807) is 6.20 Å². The predicted molar refractivity (Wildman–Crippen MR) is 131 cm³/mol. The first-order chi connectivity index (χ1) is 16.4. The zero-order valence-electron chi connectivity index (χ0n) is 20.4. The molecule has 1 N–H and O–H groups in total. The fraction of sp³-hybridized carbons (Fsp3) is 0.556. The van der Waals surface area contributed by atoms with E-state index < -0.39 is 0 Å². The highest BCUT2D eigenvalue weighted by Crippen LogP contribution is 2.34. The SMILES string of the molecule is CC1(C)CCCN(CC(=O)N2CCC(CO)CC2)Cc2cccnc2Oc2ccccc2OC1. The second kappa shape index (κ2) is 11.2. The van der Waals surface area contributed by atoms with E-state index in [0.29, 0.717) is 43.0 Å². The van der Waals surface area contributed by atoms with Crippen molar-refractivity contribution in [3.05, 3.63) is 48.2 Å². The number of hydrogen-bond acceptors (Lipinski definition) is 6. The number of rotatable bonds is 3. The number of likely N-dealkylation sites (tertiary alicyclic amines) is 1. The summed E-state index contributed by atoms with van der Waals surface area (Å²) in [6, 6.07) is 11.6. The van der Waals surface area contributed by atoms with Crippen LogP contribution in [0.4, 0.5) is 0 Å². The van der Waals surface area contributed by atoms with Crippen LogP contribution in [0.3, 0.4) is 0 Å². The number of ether oxygens (including phenoxy) is 2. The highest BCUT2D eigenvalue weighted by molar-refractivity contribution is 5.78. The standard InChI is InChI=1S/C27H37N3O4/c1-27(2)12-6-14-29(18-25(32)30-15-10-21(19-31)11-16-30)17-22-7-5-13-28-26(22)34-24-9-4-3-8-23(24)33-20-27/h3-5,7-9,13,21,31H,6,10-12,14-20H2,1-2H3. The van der Waals surface area contributed by atoms with Crippen molar-refractivity contribution in [3.8, 4) is 17.4 Å². The monoisotopic (exact) mass is 467 g/mol. The maximum Gasteiger partial charge on any atom is 0.236 e. The quantitative estimate of drug-likeness (QED) is 0.732. The van der Waals surface area contributed by atoms with Gasteiger partial charge in [-0.2, -0.15) is 0 Å². The third-order valence-electron chi connectivity index (χ3n) is 6.83. The Hall–Kier alpha value is -2.64. The number of aliphatic hydroxyl groups is 1. The molecule has 3 heterocycles. The summed E-state index contributed by atoms with van der Waals surface area (Å²) in [5, 5.41) is 9.41. The number of pyridine rings is 1. The van der Waals surface area contributed by atoms with E-state index in [0.717, 1.165) is 50.9 Å². The van der Waals surface area contributed by atoms with Gasteiger partial charge in [0.05, 0.1) is 13.2 Å². The van der Waals surface area contributed by atoms with Crippen molar-refractivity contribution in [2.75, 3.05) is 39.4 Å².